The van der Waals surface area contributed by atoms with Crippen molar-refractivity contribution in [1.82, 2.24) is 4.90 Å². The SMILES string of the molecule is C=CCOc1ccc2c(c1)C(CN(C)C(C)=O)C(C)C2C. The van der Waals surface area contributed by atoms with Gasteiger partial charge in [-0.3, -0.25) is 4.79 Å². The monoisotopic (exact) mass is 287 g/mol. The largest absolute Gasteiger partial charge is 0.490 e. The van der Waals surface area contributed by atoms with E-state index in [4.69, 9.17) is 4.74 Å². The number of rotatable bonds is 5. The normalized spacial score (nSPS) is 23.5. The minimum absolute atomic E-state index is 0.113. The average Bonchev–Trinajstić information content (AvgIpc) is 2.69. The number of amides is 1. The van der Waals surface area contributed by atoms with E-state index in [1.165, 1.54) is 11.1 Å². The molecule has 3 atom stereocenters. The highest BCUT2D eigenvalue weighted by atomic mass is 16.5. The van der Waals surface area contributed by atoms with E-state index in [1.807, 2.05) is 13.1 Å². The molecule has 0 N–H and O–H groups in total. The summed E-state index contributed by atoms with van der Waals surface area (Å²) in [7, 11) is 1.87. The molecule has 2 rings (SSSR count). The van der Waals surface area contributed by atoms with Crippen LogP contribution in [0.2, 0.25) is 0 Å². The van der Waals surface area contributed by atoms with E-state index in [1.54, 1.807) is 17.9 Å². The Morgan fingerprint density at radius 2 is 2.10 bits per heavy atom. The molecule has 3 unspecified atom stereocenters. The highest BCUT2D eigenvalue weighted by Gasteiger charge is 2.36. The van der Waals surface area contributed by atoms with E-state index in [0.29, 0.717) is 24.4 Å². The summed E-state index contributed by atoms with van der Waals surface area (Å²) in [6, 6.07) is 6.34. The molecule has 1 aromatic rings. The number of likely N-dealkylation sites (N-methyl/N-ethyl adjacent to an activating group) is 1. The lowest BCUT2D eigenvalue weighted by molar-refractivity contribution is -0.127. The van der Waals surface area contributed by atoms with Crippen LogP contribution in [0.25, 0.3) is 0 Å². The molecule has 1 aliphatic rings. The standard InChI is InChI=1S/C18H25NO2/c1-6-9-21-15-7-8-16-12(2)13(3)18(17(16)10-15)11-19(5)14(4)20/h6-8,10,12-13,18H,1,9,11H2,2-5H3. The molecule has 0 aromatic heterocycles. The van der Waals surface area contributed by atoms with Crippen LogP contribution < -0.4 is 4.74 Å². The minimum Gasteiger partial charge on any atom is -0.490 e. The van der Waals surface area contributed by atoms with Crippen LogP contribution >= 0.6 is 0 Å². The summed E-state index contributed by atoms with van der Waals surface area (Å²) >= 11 is 0. The molecule has 0 aliphatic heterocycles. The van der Waals surface area contributed by atoms with Gasteiger partial charge in [0.1, 0.15) is 12.4 Å². The van der Waals surface area contributed by atoms with Gasteiger partial charge < -0.3 is 9.64 Å². The third-order valence-corrected chi connectivity index (χ3v) is 4.75. The van der Waals surface area contributed by atoms with Gasteiger partial charge in [-0.1, -0.05) is 32.6 Å². The number of ether oxygens (including phenoxy) is 1. The van der Waals surface area contributed by atoms with Crippen molar-refractivity contribution in [2.45, 2.75) is 32.6 Å². The molecule has 0 spiro atoms. The van der Waals surface area contributed by atoms with Gasteiger partial charge in [-0.05, 0) is 35.1 Å². The highest BCUT2D eigenvalue weighted by Crippen LogP contribution is 2.47. The third-order valence-electron chi connectivity index (χ3n) is 4.75. The first kappa shape index (κ1) is 15.6. The van der Waals surface area contributed by atoms with Gasteiger partial charge in [0.15, 0.2) is 0 Å². The van der Waals surface area contributed by atoms with Gasteiger partial charge in [0.2, 0.25) is 5.91 Å². The maximum Gasteiger partial charge on any atom is 0.219 e. The van der Waals surface area contributed by atoms with E-state index >= 15 is 0 Å². The zero-order valence-corrected chi connectivity index (χ0v) is 13.4. The molecule has 1 amide bonds. The fraction of sp³-hybridized carbons (Fsp3) is 0.500. The first-order valence-corrected chi connectivity index (χ1v) is 7.55. The van der Waals surface area contributed by atoms with Crippen molar-refractivity contribution in [3.8, 4) is 5.75 Å². The molecule has 0 heterocycles. The molecular formula is C18H25NO2. The van der Waals surface area contributed by atoms with E-state index in [9.17, 15) is 4.79 Å². The second-order valence-corrected chi connectivity index (χ2v) is 6.04. The predicted octanol–water partition coefficient (Wildman–Crippen LogP) is 3.57. The Morgan fingerprint density at radius 1 is 1.38 bits per heavy atom. The number of benzene rings is 1. The van der Waals surface area contributed by atoms with Crippen LogP contribution in [0.3, 0.4) is 0 Å². The van der Waals surface area contributed by atoms with Crippen LogP contribution in [0.4, 0.5) is 0 Å². The van der Waals surface area contributed by atoms with Crippen LogP contribution in [0, 0.1) is 5.92 Å². The number of fused-ring (bicyclic) bond motifs is 1. The smallest absolute Gasteiger partial charge is 0.219 e. The molecule has 3 nitrogen and oxygen atoms in total. The van der Waals surface area contributed by atoms with Crippen molar-refractivity contribution < 1.29 is 9.53 Å². The summed E-state index contributed by atoms with van der Waals surface area (Å²) in [6.45, 7) is 11.1. The third kappa shape index (κ3) is 3.12. The maximum atomic E-state index is 11.5. The molecule has 0 radical (unpaired) electrons. The Bertz CT molecular complexity index is 538. The van der Waals surface area contributed by atoms with Gasteiger partial charge in [-0.2, -0.15) is 0 Å². The zero-order chi connectivity index (χ0) is 15.6. The van der Waals surface area contributed by atoms with E-state index < -0.39 is 0 Å². The molecule has 0 saturated heterocycles. The van der Waals surface area contributed by atoms with Crippen LogP contribution in [-0.2, 0) is 4.79 Å². The molecule has 21 heavy (non-hydrogen) atoms. The first-order chi connectivity index (χ1) is 9.95. The number of carbonyl (C=O) groups is 1. The maximum absolute atomic E-state index is 11.5. The molecule has 1 aromatic carbocycles. The zero-order valence-electron chi connectivity index (χ0n) is 13.4. The van der Waals surface area contributed by atoms with Crippen LogP contribution in [0.5, 0.6) is 5.75 Å². The lowest BCUT2D eigenvalue weighted by atomic mass is 9.89. The van der Waals surface area contributed by atoms with Crippen molar-refractivity contribution in [3.63, 3.8) is 0 Å². The Labute approximate surface area is 127 Å². The predicted molar refractivity (Wildman–Crippen MR) is 85.8 cm³/mol. The van der Waals surface area contributed by atoms with E-state index in [0.717, 1.165) is 12.3 Å². The van der Waals surface area contributed by atoms with Crippen molar-refractivity contribution in [2.75, 3.05) is 20.2 Å². The van der Waals surface area contributed by atoms with Crippen LogP contribution in [0.15, 0.2) is 30.9 Å². The molecule has 1 aliphatic carbocycles. The van der Waals surface area contributed by atoms with Gasteiger partial charge in [-0.15, -0.1) is 0 Å². The number of carbonyl (C=O) groups excluding carboxylic acids is 1. The summed E-state index contributed by atoms with van der Waals surface area (Å²) in [5.74, 6) is 2.40. The number of nitrogens with zero attached hydrogens (tertiary/aromatic N) is 1. The Morgan fingerprint density at radius 3 is 2.71 bits per heavy atom. The lowest BCUT2D eigenvalue weighted by Crippen LogP contribution is -2.30. The summed E-state index contributed by atoms with van der Waals surface area (Å²) in [6.07, 6.45) is 1.75. The Balaban J connectivity index is 2.28. The van der Waals surface area contributed by atoms with Gasteiger partial charge in [0.25, 0.3) is 0 Å². The van der Waals surface area contributed by atoms with Gasteiger partial charge in [0, 0.05) is 26.4 Å². The molecule has 114 valence electrons. The summed E-state index contributed by atoms with van der Waals surface area (Å²) < 4.78 is 5.65. The molecule has 0 bridgehead atoms. The minimum atomic E-state index is 0.113. The molecule has 0 fully saturated rings. The van der Waals surface area contributed by atoms with Crippen molar-refractivity contribution in [2.24, 2.45) is 5.92 Å². The molecule has 0 saturated carbocycles. The molecular weight excluding hydrogens is 262 g/mol. The van der Waals surface area contributed by atoms with E-state index in [-0.39, 0.29) is 5.91 Å². The quantitative estimate of drug-likeness (QED) is 0.775. The topological polar surface area (TPSA) is 29.5 Å². The van der Waals surface area contributed by atoms with E-state index in [2.05, 4.69) is 32.6 Å². The van der Waals surface area contributed by atoms with Gasteiger partial charge in [0.05, 0.1) is 0 Å². The van der Waals surface area contributed by atoms with Gasteiger partial charge in [-0.25, -0.2) is 0 Å². The second kappa shape index (κ2) is 6.33. The van der Waals surface area contributed by atoms with Crippen molar-refractivity contribution >= 4 is 5.91 Å². The molecule has 3 heteroatoms. The summed E-state index contributed by atoms with van der Waals surface area (Å²) in [4.78, 5) is 13.3. The summed E-state index contributed by atoms with van der Waals surface area (Å²) in [5, 5.41) is 0. The lowest BCUT2D eigenvalue weighted by Gasteiger charge is -2.25. The second-order valence-electron chi connectivity index (χ2n) is 6.04. The fourth-order valence-electron chi connectivity index (χ4n) is 3.14. The highest BCUT2D eigenvalue weighted by molar-refractivity contribution is 5.73. The van der Waals surface area contributed by atoms with Crippen LogP contribution in [-0.4, -0.2) is 31.0 Å². The number of hydrogen-bond acceptors (Lipinski definition) is 2. The average molecular weight is 287 g/mol. The van der Waals surface area contributed by atoms with Crippen molar-refractivity contribution in [1.29, 1.82) is 0 Å². The van der Waals surface area contributed by atoms with Crippen molar-refractivity contribution in [3.05, 3.63) is 42.0 Å². The van der Waals surface area contributed by atoms with Gasteiger partial charge >= 0.3 is 0 Å². The Kier molecular flexibility index (Phi) is 4.71. The first-order valence-electron chi connectivity index (χ1n) is 7.55. The summed E-state index contributed by atoms with van der Waals surface area (Å²) in [5.41, 5.74) is 2.71. The van der Waals surface area contributed by atoms with Crippen LogP contribution in [0.1, 0.15) is 43.7 Å². The fourth-order valence-corrected chi connectivity index (χ4v) is 3.14. The number of hydrogen-bond donors (Lipinski definition) is 0. The Hall–Kier alpha value is -1.77.